The number of aryl methyl sites for hydroxylation is 1. The van der Waals surface area contributed by atoms with Crippen LogP contribution in [0.4, 0.5) is 0 Å². The van der Waals surface area contributed by atoms with Gasteiger partial charge in [0.25, 0.3) is 0 Å². The maximum atomic E-state index is 6.05. The molecule has 0 aromatic heterocycles. The third-order valence-electron chi connectivity index (χ3n) is 3.91. The van der Waals surface area contributed by atoms with Gasteiger partial charge in [-0.05, 0) is 43.9 Å². The van der Waals surface area contributed by atoms with Crippen LogP contribution in [0, 0.1) is 13.8 Å². The first-order chi connectivity index (χ1) is 7.59. The van der Waals surface area contributed by atoms with Gasteiger partial charge in [0.2, 0.25) is 0 Å². The summed E-state index contributed by atoms with van der Waals surface area (Å²) in [4.78, 5) is 0. The summed E-state index contributed by atoms with van der Waals surface area (Å²) in [6.45, 7) is 7.61. The monoisotopic (exact) mass is 218 g/mol. The number of rotatable bonds is 1. The molecule has 3 unspecified atom stereocenters. The van der Waals surface area contributed by atoms with Crippen LogP contribution in [0.25, 0.3) is 0 Å². The minimum atomic E-state index is 0.293. The summed E-state index contributed by atoms with van der Waals surface area (Å²) < 4.78 is 0. The van der Waals surface area contributed by atoms with E-state index in [0.717, 1.165) is 13.0 Å². The second-order valence-corrected chi connectivity index (χ2v) is 5.09. The fourth-order valence-corrected chi connectivity index (χ4v) is 2.66. The van der Waals surface area contributed by atoms with Gasteiger partial charge in [0.05, 0.1) is 0 Å². The lowest BCUT2D eigenvalue weighted by Gasteiger charge is -2.35. The van der Waals surface area contributed by atoms with Gasteiger partial charge in [-0.15, -0.1) is 0 Å². The van der Waals surface area contributed by atoms with Crippen molar-refractivity contribution in [1.29, 1.82) is 0 Å². The molecule has 0 amide bonds. The second kappa shape index (κ2) is 4.56. The molecule has 1 saturated heterocycles. The highest BCUT2D eigenvalue weighted by Gasteiger charge is 2.27. The molecule has 0 aliphatic carbocycles. The molecule has 1 aromatic rings. The number of nitrogens with one attached hydrogen (secondary N) is 1. The third-order valence-corrected chi connectivity index (χ3v) is 3.91. The summed E-state index contributed by atoms with van der Waals surface area (Å²) in [6, 6.07) is 7.41. The summed E-state index contributed by atoms with van der Waals surface area (Å²) in [7, 11) is 0. The van der Waals surface area contributed by atoms with Crippen molar-refractivity contribution in [3.8, 4) is 0 Å². The number of hydrogen-bond acceptors (Lipinski definition) is 2. The molecule has 1 fully saturated rings. The Balaban J connectivity index is 2.31. The van der Waals surface area contributed by atoms with E-state index in [2.05, 4.69) is 44.3 Å². The van der Waals surface area contributed by atoms with Gasteiger partial charge in [0, 0.05) is 24.5 Å². The second-order valence-electron chi connectivity index (χ2n) is 5.09. The van der Waals surface area contributed by atoms with E-state index in [4.69, 9.17) is 5.73 Å². The molecule has 1 heterocycles. The Labute approximate surface area is 98.2 Å². The summed E-state index contributed by atoms with van der Waals surface area (Å²) in [6.07, 6.45) is 1.10. The van der Waals surface area contributed by atoms with E-state index in [1.807, 2.05) is 0 Å². The molecule has 2 heteroatoms. The molecule has 0 saturated carbocycles. The van der Waals surface area contributed by atoms with Crippen molar-refractivity contribution in [2.75, 3.05) is 6.54 Å². The minimum Gasteiger partial charge on any atom is -0.327 e. The first-order valence-electron chi connectivity index (χ1n) is 6.14. The SMILES string of the molecule is Cc1cccc(C2CC(N)CNC2C)c1C. The maximum absolute atomic E-state index is 6.05. The fourth-order valence-electron chi connectivity index (χ4n) is 2.66. The molecular weight excluding hydrogens is 196 g/mol. The molecule has 2 nitrogen and oxygen atoms in total. The lowest BCUT2D eigenvalue weighted by molar-refractivity contribution is 0.336. The Kier molecular flexibility index (Phi) is 3.31. The highest BCUT2D eigenvalue weighted by molar-refractivity contribution is 5.36. The van der Waals surface area contributed by atoms with Crippen LogP contribution in [0.3, 0.4) is 0 Å². The van der Waals surface area contributed by atoms with Crippen molar-refractivity contribution in [2.45, 2.75) is 45.2 Å². The Morgan fingerprint density at radius 1 is 1.31 bits per heavy atom. The molecule has 3 N–H and O–H groups in total. The number of piperidine rings is 1. The molecule has 1 aromatic carbocycles. The van der Waals surface area contributed by atoms with Gasteiger partial charge in [0.15, 0.2) is 0 Å². The Morgan fingerprint density at radius 3 is 2.81 bits per heavy atom. The van der Waals surface area contributed by atoms with Crippen LogP contribution >= 0.6 is 0 Å². The van der Waals surface area contributed by atoms with Crippen molar-refractivity contribution in [3.63, 3.8) is 0 Å². The summed E-state index contributed by atoms with van der Waals surface area (Å²) in [5.41, 5.74) is 10.3. The summed E-state index contributed by atoms with van der Waals surface area (Å²) >= 11 is 0. The van der Waals surface area contributed by atoms with Gasteiger partial charge in [-0.25, -0.2) is 0 Å². The highest BCUT2D eigenvalue weighted by Crippen LogP contribution is 2.30. The van der Waals surface area contributed by atoms with Gasteiger partial charge in [-0.2, -0.15) is 0 Å². The van der Waals surface area contributed by atoms with Gasteiger partial charge in [-0.3, -0.25) is 0 Å². The Hall–Kier alpha value is -0.860. The fraction of sp³-hybridized carbons (Fsp3) is 0.571. The molecule has 3 atom stereocenters. The standard InChI is InChI=1S/C14H22N2/c1-9-5-4-6-13(10(9)2)14-7-12(15)8-16-11(14)3/h4-6,11-12,14,16H,7-8,15H2,1-3H3. The predicted octanol–water partition coefficient (Wildman–Crippen LogP) is 2.10. The zero-order valence-corrected chi connectivity index (χ0v) is 10.5. The molecular formula is C14H22N2. The molecule has 0 spiro atoms. The van der Waals surface area contributed by atoms with Crippen LogP contribution in [0.2, 0.25) is 0 Å². The van der Waals surface area contributed by atoms with Crippen LogP contribution in [-0.2, 0) is 0 Å². The summed E-state index contributed by atoms with van der Waals surface area (Å²) in [5.74, 6) is 0.559. The quantitative estimate of drug-likeness (QED) is 0.757. The van der Waals surface area contributed by atoms with Gasteiger partial charge < -0.3 is 11.1 Å². The average molecular weight is 218 g/mol. The van der Waals surface area contributed by atoms with Crippen LogP contribution in [-0.4, -0.2) is 18.6 Å². The number of nitrogens with two attached hydrogens (primary N) is 1. The average Bonchev–Trinajstić information content (AvgIpc) is 2.26. The van der Waals surface area contributed by atoms with E-state index in [1.54, 1.807) is 0 Å². The first-order valence-corrected chi connectivity index (χ1v) is 6.14. The van der Waals surface area contributed by atoms with Gasteiger partial charge in [0.1, 0.15) is 0 Å². The number of benzene rings is 1. The summed E-state index contributed by atoms with van der Waals surface area (Å²) in [5, 5.41) is 3.50. The third kappa shape index (κ3) is 2.13. The largest absolute Gasteiger partial charge is 0.327 e. The molecule has 2 rings (SSSR count). The minimum absolute atomic E-state index is 0.293. The topological polar surface area (TPSA) is 38.0 Å². The molecule has 1 aliphatic heterocycles. The van der Waals surface area contributed by atoms with Crippen LogP contribution < -0.4 is 11.1 Å². The maximum Gasteiger partial charge on any atom is 0.0171 e. The lowest BCUT2D eigenvalue weighted by atomic mass is 9.81. The molecule has 0 radical (unpaired) electrons. The van der Waals surface area contributed by atoms with Crippen molar-refractivity contribution < 1.29 is 0 Å². The van der Waals surface area contributed by atoms with Gasteiger partial charge >= 0.3 is 0 Å². The molecule has 16 heavy (non-hydrogen) atoms. The van der Waals surface area contributed by atoms with E-state index in [1.165, 1.54) is 16.7 Å². The van der Waals surface area contributed by atoms with Crippen molar-refractivity contribution in [3.05, 3.63) is 34.9 Å². The normalized spacial score (nSPS) is 30.4. The van der Waals surface area contributed by atoms with E-state index in [-0.39, 0.29) is 0 Å². The van der Waals surface area contributed by atoms with Crippen molar-refractivity contribution in [2.24, 2.45) is 5.73 Å². The van der Waals surface area contributed by atoms with Crippen molar-refractivity contribution in [1.82, 2.24) is 5.32 Å². The lowest BCUT2D eigenvalue weighted by Crippen LogP contribution is -2.48. The smallest absolute Gasteiger partial charge is 0.0171 e. The Morgan fingerprint density at radius 2 is 2.06 bits per heavy atom. The van der Waals surface area contributed by atoms with Crippen molar-refractivity contribution >= 4 is 0 Å². The van der Waals surface area contributed by atoms with Crippen LogP contribution in [0.15, 0.2) is 18.2 Å². The van der Waals surface area contributed by atoms with Crippen LogP contribution in [0.1, 0.15) is 36.0 Å². The number of hydrogen-bond donors (Lipinski definition) is 2. The highest BCUT2D eigenvalue weighted by atomic mass is 15.0. The zero-order chi connectivity index (χ0) is 11.7. The molecule has 0 bridgehead atoms. The first kappa shape index (κ1) is 11.6. The zero-order valence-electron chi connectivity index (χ0n) is 10.5. The molecule has 88 valence electrons. The van der Waals surface area contributed by atoms with Gasteiger partial charge in [-0.1, -0.05) is 18.2 Å². The van der Waals surface area contributed by atoms with E-state index >= 15 is 0 Å². The van der Waals surface area contributed by atoms with Crippen LogP contribution in [0.5, 0.6) is 0 Å². The molecule has 1 aliphatic rings. The predicted molar refractivity (Wildman–Crippen MR) is 68.7 cm³/mol. The van der Waals surface area contributed by atoms with E-state index in [9.17, 15) is 0 Å². The Bertz CT molecular complexity index is 373. The van der Waals surface area contributed by atoms with E-state index < -0.39 is 0 Å². The van der Waals surface area contributed by atoms with E-state index in [0.29, 0.717) is 18.0 Å².